The lowest BCUT2D eigenvalue weighted by atomic mass is 9.91. The summed E-state index contributed by atoms with van der Waals surface area (Å²) in [5.41, 5.74) is 6.27. The number of para-hydroxylation sites is 1. The molecule has 2 N–H and O–H groups in total. The van der Waals surface area contributed by atoms with Gasteiger partial charge in [-0.05, 0) is 131 Å². The van der Waals surface area contributed by atoms with Crippen molar-refractivity contribution in [3.05, 3.63) is 130 Å². The Morgan fingerprint density at radius 2 is 1.59 bits per heavy atom. The predicted molar refractivity (Wildman–Crippen MR) is 282 cm³/mol. The van der Waals surface area contributed by atoms with Crippen molar-refractivity contribution in [2.24, 2.45) is 0 Å². The topological polar surface area (TPSA) is 205 Å². The third-order valence-electron chi connectivity index (χ3n) is 14.2. The molecule has 5 amide bonds. The summed E-state index contributed by atoms with van der Waals surface area (Å²) in [6.45, 7) is 12.1. The summed E-state index contributed by atoms with van der Waals surface area (Å²) in [5, 5.41) is 5.40. The van der Waals surface area contributed by atoms with Crippen LogP contribution in [0.15, 0.2) is 85.1 Å². The molecule has 0 aromatic heterocycles. The van der Waals surface area contributed by atoms with Gasteiger partial charge in [0.05, 0.1) is 37.9 Å². The molecule has 7 rings (SSSR count). The monoisotopic (exact) mass is 1040 g/mol. The van der Waals surface area contributed by atoms with Gasteiger partial charge < -0.3 is 44.0 Å². The number of benzene rings is 4. The van der Waals surface area contributed by atoms with Gasteiger partial charge in [-0.3, -0.25) is 33.7 Å². The average Bonchev–Trinajstić information content (AvgIpc) is 3.67. The first-order valence-corrected chi connectivity index (χ1v) is 26.1. The molecule has 2 fully saturated rings. The molecule has 17 heteroatoms. The lowest BCUT2D eigenvalue weighted by molar-refractivity contribution is -0.162. The van der Waals surface area contributed by atoms with E-state index >= 15 is 0 Å². The molecule has 0 saturated carbocycles. The van der Waals surface area contributed by atoms with Crippen molar-refractivity contribution in [2.45, 2.75) is 116 Å². The standard InChI is InChI=1S/C59H70N4O13/c1-8-43(41-32-38(4)54(72-7)51(33-41)71-6)56(67)62-28-12-11-18-47(62)59(70)76-49(26-24-40-23-21-36(2)37(3)31-40)44-16-9-10-19-48(44)75-35-52(65)60-27-30-73-29-14-15-42(64)34-74-50-20-13-17-45-53(50)58(69)63(57(45)68)46-25-22-39(5)61-55(46)66/h9-10,13,16-17,19-21,23,31-33,43,46-47,49H,5,8,11-12,14-15,18,22,24-30,34-35H2,1-4,6-7H3,(H,60,65)(H,61,66)/t43-,46?,47-,49+/m0/s1. The lowest BCUT2D eigenvalue weighted by Crippen LogP contribution is -2.51. The van der Waals surface area contributed by atoms with Gasteiger partial charge in [0.1, 0.15) is 36.3 Å². The summed E-state index contributed by atoms with van der Waals surface area (Å²) in [5.74, 6) is -1.94. The fraction of sp³-hybridized carbons (Fsp3) is 0.441. The van der Waals surface area contributed by atoms with E-state index in [0.29, 0.717) is 73.6 Å². The van der Waals surface area contributed by atoms with E-state index in [4.69, 9.17) is 28.4 Å². The van der Waals surface area contributed by atoms with Gasteiger partial charge >= 0.3 is 5.97 Å². The number of aryl methyl sites for hydroxylation is 4. The van der Waals surface area contributed by atoms with Crippen LogP contribution in [0.1, 0.15) is 131 Å². The van der Waals surface area contributed by atoms with E-state index in [1.165, 1.54) is 17.7 Å². The first kappa shape index (κ1) is 56.2. The Labute approximate surface area is 444 Å². The molecule has 0 radical (unpaired) electrons. The number of fused-ring (bicyclic) bond motifs is 1. The number of carbonyl (C=O) groups excluding carboxylic acids is 7. The van der Waals surface area contributed by atoms with Crippen LogP contribution in [0.2, 0.25) is 0 Å². The van der Waals surface area contributed by atoms with Crippen LogP contribution in [0.3, 0.4) is 0 Å². The van der Waals surface area contributed by atoms with Crippen LogP contribution in [-0.4, -0.2) is 117 Å². The number of ketones is 1. The van der Waals surface area contributed by atoms with Crippen molar-refractivity contribution in [3.8, 4) is 23.0 Å². The van der Waals surface area contributed by atoms with Crippen molar-refractivity contribution >= 4 is 41.3 Å². The molecular weight excluding hydrogens is 973 g/mol. The predicted octanol–water partition coefficient (Wildman–Crippen LogP) is 7.75. The number of hydrogen-bond acceptors (Lipinski definition) is 13. The molecule has 2 saturated heterocycles. The van der Waals surface area contributed by atoms with Gasteiger partial charge in [-0.2, -0.15) is 0 Å². The minimum atomic E-state index is -0.969. The Morgan fingerprint density at radius 1 is 0.816 bits per heavy atom. The van der Waals surface area contributed by atoms with E-state index in [-0.39, 0.29) is 74.4 Å². The maximum Gasteiger partial charge on any atom is 0.329 e. The minimum absolute atomic E-state index is 0.0213. The third kappa shape index (κ3) is 13.5. The van der Waals surface area contributed by atoms with Crippen LogP contribution in [0.5, 0.6) is 23.0 Å². The fourth-order valence-electron chi connectivity index (χ4n) is 10.1. The van der Waals surface area contributed by atoms with Gasteiger partial charge in [-0.15, -0.1) is 0 Å². The molecule has 3 aliphatic rings. The quantitative estimate of drug-likeness (QED) is 0.0371. The SMILES string of the molecule is C=C1CCC(N2C(=O)c3cccc(OCC(=O)CCCOCCNC(=O)COc4ccccc4[C@@H](CCc4ccc(C)c(C)c4)OC(=O)[C@@H]4CCCCN4C(=O)[C@@H](CC)c4cc(C)c(OC)c(OC)c4)c3C2=O)C(=O)N1. The molecule has 76 heavy (non-hydrogen) atoms. The number of nitrogens with zero attached hydrogens (tertiary/aromatic N) is 2. The summed E-state index contributed by atoms with van der Waals surface area (Å²) in [7, 11) is 3.14. The van der Waals surface area contributed by atoms with Crippen LogP contribution in [0.4, 0.5) is 0 Å². The maximum atomic E-state index is 14.5. The molecule has 3 aliphatic heterocycles. The van der Waals surface area contributed by atoms with Gasteiger partial charge in [-0.25, -0.2) is 4.79 Å². The molecule has 17 nitrogen and oxygen atoms in total. The third-order valence-corrected chi connectivity index (χ3v) is 14.2. The van der Waals surface area contributed by atoms with E-state index in [0.717, 1.165) is 40.0 Å². The average molecular weight is 1040 g/mol. The van der Waals surface area contributed by atoms with E-state index < -0.39 is 53.7 Å². The molecule has 0 aliphatic carbocycles. The van der Waals surface area contributed by atoms with Crippen molar-refractivity contribution in [1.82, 2.24) is 20.4 Å². The molecule has 4 aromatic carbocycles. The highest BCUT2D eigenvalue weighted by Crippen LogP contribution is 2.39. The maximum absolute atomic E-state index is 14.5. The van der Waals surface area contributed by atoms with Gasteiger partial charge in [0, 0.05) is 37.4 Å². The van der Waals surface area contributed by atoms with Crippen LogP contribution < -0.4 is 29.6 Å². The van der Waals surface area contributed by atoms with Crippen molar-refractivity contribution in [3.63, 3.8) is 0 Å². The zero-order valence-corrected chi connectivity index (χ0v) is 44.5. The molecule has 3 heterocycles. The summed E-state index contributed by atoms with van der Waals surface area (Å²) in [6.07, 6.45) is 3.90. The number of esters is 1. The lowest BCUT2D eigenvalue weighted by Gasteiger charge is -2.37. The molecular formula is C59H70N4O13. The Balaban J connectivity index is 0.902. The molecule has 0 bridgehead atoms. The van der Waals surface area contributed by atoms with Gasteiger partial charge in [0.2, 0.25) is 11.8 Å². The van der Waals surface area contributed by atoms with Gasteiger partial charge in [0.25, 0.3) is 17.7 Å². The number of imide groups is 1. The van der Waals surface area contributed by atoms with Crippen LogP contribution in [0.25, 0.3) is 0 Å². The highest BCUT2D eigenvalue weighted by atomic mass is 16.5. The summed E-state index contributed by atoms with van der Waals surface area (Å²) >= 11 is 0. The molecule has 4 atom stereocenters. The summed E-state index contributed by atoms with van der Waals surface area (Å²) in [6, 6.07) is 20.0. The summed E-state index contributed by atoms with van der Waals surface area (Å²) in [4.78, 5) is 96.7. The zero-order chi connectivity index (χ0) is 54.5. The molecule has 0 spiro atoms. The second kappa shape index (κ2) is 26.3. The number of nitrogens with one attached hydrogen (secondary N) is 2. The van der Waals surface area contributed by atoms with E-state index in [9.17, 15) is 33.6 Å². The Kier molecular flexibility index (Phi) is 19.4. The normalized spacial score (nSPS) is 17.1. The van der Waals surface area contributed by atoms with Crippen molar-refractivity contribution < 1.29 is 62.0 Å². The number of piperidine rings is 2. The van der Waals surface area contributed by atoms with E-state index in [1.54, 1.807) is 37.3 Å². The Hall–Kier alpha value is -7.53. The largest absolute Gasteiger partial charge is 0.493 e. The summed E-state index contributed by atoms with van der Waals surface area (Å²) < 4.78 is 35.2. The van der Waals surface area contributed by atoms with Crippen molar-refractivity contribution in [2.75, 3.05) is 53.7 Å². The number of likely N-dealkylation sites (tertiary alicyclic amines) is 1. The number of ether oxygens (including phenoxy) is 6. The van der Waals surface area contributed by atoms with Crippen molar-refractivity contribution in [1.29, 1.82) is 0 Å². The van der Waals surface area contributed by atoms with Crippen LogP contribution >= 0.6 is 0 Å². The van der Waals surface area contributed by atoms with E-state index in [1.807, 2.05) is 38.1 Å². The molecule has 1 unspecified atom stereocenters. The number of Topliss-reactive ketones (excluding diaryl/α,β-unsaturated/α-hetero) is 1. The van der Waals surface area contributed by atoms with E-state index in [2.05, 4.69) is 49.3 Å². The Bertz CT molecular complexity index is 2830. The fourth-order valence-corrected chi connectivity index (χ4v) is 10.1. The number of hydrogen-bond donors (Lipinski definition) is 2. The smallest absolute Gasteiger partial charge is 0.329 e. The highest BCUT2D eigenvalue weighted by molar-refractivity contribution is 6.24. The van der Waals surface area contributed by atoms with Gasteiger partial charge in [-0.1, -0.05) is 62.0 Å². The van der Waals surface area contributed by atoms with Gasteiger partial charge in [0.15, 0.2) is 23.9 Å². The number of allylic oxidation sites excluding steroid dienone is 1. The first-order chi connectivity index (χ1) is 36.6. The molecule has 404 valence electrons. The number of rotatable bonds is 25. The number of carbonyl (C=O) groups is 7. The zero-order valence-electron chi connectivity index (χ0n) is 44.5. The first-order valence-electron chi connectivity index (χ1n) is 26.1. The second-order valence-corrected chi connectivity index (χ2v) is 19.5. The van der Waals surface area contributed by atoms with Crippen LogP contribution in [-0.2, 0) is 39.9 Å². The Morgan fingerprint density at radius 3 is 2.34 bits per heavy atom. The number of methoxy groups -OCH3 is 2. The highest BCUT2D eigenvalue weighted by Gasteiger charge is 2.46. The minimum Gasteiger partial charge on any atom is -0.493 e. The molecule has 4 aromatic rings. The number of amides is 5. The van der Waals surface area contributed by atoms with Crippen LogP contribution in [0, 0.1) is 20.8 Å². The second-order valence-electron chi connectivity index (χ2n) is 19.5.